The summed E-state index contributed by atoms with van der Waals surface area (Å²) < 4.78 is 0. The van der Waals surface area contributed by atoms with E-state index < -0.39 is 0 Å². The van der Waals surface area contributed by atoms with Crippen molar-refractivity contribution in [2.75, 3.05) is 33.7 Å². The van der Waals surface area contributed by atoms with Crippen molar-refractivity contribution in [3.8, 4) is 0 Å². The predicted molar refractivity (Wildman–Crippen MR) is 72.5 cm³/mol. The van der Waals surface area contributed by atoms with Crippen LogP contribution in [0.15, 0.2) is 5.16 Å². The fraction of sp³-hybridized carbons (Fsp3) is 0.917. The molecule has 0 heterocycles. The van der Waals surface area contributed by atoms with Crippen molar-refractivity contribution in [3.63, 3.8) is 0 Å². The number of hydrogen-bond donors (Lipinski definition) is 2. The summed E-state index contributed by atoms with van der Waals surface area (Å²) in [5.74, 6) is 0.322. The molecule has 102 valence electrons. The lowest BCUT2D eigenvalue weighted by molar-refractivity contribution is 0.176. The van der Waals surface area contributed by atoms with Crippen LogP contribution in [0, 0.1) is 0 Å². The van der Waals surface area contributed by atoms with Gasteiger partial charge < -0.3 is 15.8 Å². The van der Waals surface area contributed by atoms with E-state index in [1.54, 1.807) is 0 Å². The number of nitrogens with two attached hydrogens (primary N) is 1. The largest absolute Gasteiger partial charge is 0.409 e. The molecule has 1 unspecified atom stereocenters. The van der Waals surface area contributed by atoms with Gasteiger partial charge in [-0.3, -0.25) is 4.90 Å². The number of likely N-dealkylation sites (N-methyl/N-ethyl adjacent to an activating group) is 1. The Morgan fingerprint density at radius 1 is 1.24 bits per heavy atom. The van der Waals surface area contributed by atoms with Gasteiger partial charge in [0.25, 0.3) is 0 Å². The van der Waals surface area contributed by atoms with Crippen LogP contribution in [0.5, 0.6) is 0 Å². The predicted octanol–water partition coefficient (Wildman–Crippen LogP) is 1.18. The summed E-state index contributed by atoms with van der Waals surface area (Å²) in [7, 11) is 4.16. The van der Waals surface area contributed by atoms with Crippen molar-refractivity contribution in [1.82, 2.24) is 9.80 Å². The first-order chi connectivity index (χ1) is 8.04. The van der Waals surface area contributed by atoms with Crippen LogP contribution < -0.4 is 5.73 Å². The van der Waals surface area contributed by atoms with E-state index in [0.717, 1.165) is 32.5 Å². The lowest BCUT2D eigenvalue weighted by Gasteiger charge is -2.31. The molecule has 0 aromatic rings. The topological polar surface area (TPSA) is 65.1 Å². The number of oxime groups is 1. The lowest BCUT2D eigenvalue weighted by atomic mass is 10.1. The highest BCUT2D eigenvalue weighted by molar-refractivity contribution is 5.80. The average Bonchev–Trinajstić information content (AvgIpc) is 2.31. The standard InChI is InChI=1S/C12H28N4O/c1-5-7-16(9-8-15(3)4)11(6-2)10-12(13)14-17/h11,17H,5-10H2,1-4H3,(H2,13,14). The van der Waals surface area contributed by atoms with Crippen LogP contribution in [0.2, 0.25) is 0 Å². The van der Waals surface area contributed by atoms with Crippen molar-refractivity contribution in [3.05, 3.63) is 0 Å². The van der Waals surface area contributed by atoms with E-state index in [1.807, 2.05) is 0 Å². The Balaban J connectivity index is 4.39. The van der Waals surface area contributed by atoms with Gasteiger partial charge in [-0.25, -0.2) is 0 Å². The summed E-state index contributed by atoms with van der Waals surface area (Å²) in [5, 5.41) is 11.7. The second kappa shape index (κ2) is 9.24. The van der Waals surface area contributed by atoms with Gasteiger partial charge in [0.05, 0.1) is 0 Å². The minimum atomic E-state index is 0.322. The molecule has 0 aliphatic rings. The third-order valence-corrected chi connectivity index (χ3v) is 2.91. The summed E-state index contributed by atoms with van der Waals surface area (Å²) >= 11 is 0. The first-order valence-electron chi connectivity index (χ1n) is 6.40. The SMILES string of the molecule is CCCN(CCN(C)C)C(CC)CC(N)=NO. The van der Waals surface area contributed by atoms with Crippen molar-refractivity contribution in [2.45, 2.75) is 39.2 Å². The van der Waals surface area contributed by atoms with E-state index in [0.29, 0.717) is 18.3 Å². The van der Waals surface area contributed by atoms with Gasteiger partial charge in [-0.2, -0.15) is 0 Å². The summed E-state index contributed by atoms with van der Waals surface area (Å²) in [6, 6.07) is 0.366. The summed E-state index contributed by atoms with van der Waals surface area (Å²) in [5.41, 5.74) is 5.60. The molecule has 0 saturated carbocycles. The molecular formula is C12H28N4O. The molecule has 0 spiro atoms. The fourth-order valence-corrected chi connectivity index (χ4v) is 1.91. The van der Waals surface area contributed by atoms with Crippen molar-refractivity contribution < 1.29 is 5.21 Å². The Kier molecular flexibility index (Phi) is 8.80. The Morgan fingerprint density at radius 3 is 2.29 bits per heavy atom. The average molecular weight is 244 g/mol. The van der Waals surface area contributed by atoms with Crippen molar-refractivity contribution in [2.24, 2.45) is 10.9 Å². The quantitative estimate of drug-likeness (QED) is 0.277. The van der Waals surface area contributed by atoms with Crippen LogP contribution in [-0.4, -0.2) is 60.6 Å². The smallest absolute Gasteiger partial charge is 0.140 e. The highest BCUT2D eigenvalue weighted by Crippen LogP contribution is 2.09. The van der Waals surface area contributed by atoms with E-state index in [4.69, 9.17) is 10.9 Å². The summed E-state index contributed by atoms with van der Waals surface area (Å²) in [6.45, 7) is 7.45. The highest BCUT2D eigenvalue weighted by atomic mass is 16.4. The molecule has 0 aromatic heterocycles. The Labute approximate surface area is 105 Å². The third-order valence-electron chi connectivity index (χ3n) is 2.91. The number of amidine groups is 1. The molecule has 0 bridgehead atoms. The number of rotatable bonds is 9. The Bertz CT molecular complexity index is 219. The molecule has 0 aliphatic heterocycles. The van der Waals surface area contributed by atoms with E-state index >= 15 is 0 Å². The molecule has 3 N–H and O–H groups in total. The van der Waals surface area contributed by atoms with Gasteiger partial charge in [-0.1, -0.05) is 19.0 Å². The van der Waals surface area contributed by atoms with Gasteiger partial charge in [-0.05, 0) is 33.5 Å². The molecule has 0 aliphatic carbocycles. The van der Waals surface area contributed by atoms with Gasteiger partial charge in [0, 0.05) is 25.6 Å². The summed E-state index contributed by atoms with van der Waals surface area (Å²) in [6.07, 6.45) is 2.78. The Morgan fingerprint density at radius 2 is 1.88 bits per heavy atom. The van der Waals surface area contributed by atoms with Crippen molar-refractivity contribution in [1.29, 1.82) is 0 Å². The monoisotopic (exact) mass is 244 g/mol. The molecule has 0 radical (unpaired) electrons. The van der Waals surface area contributed by atoms with E-state index in [1.165, 1.54) is 0 Å². The molecule has 5 heteroatoms. The molecule has 0 rings (SSSR count). The molecule has 0 fully saturated rings. The van der Waals surface area contributed by atoms with Crippen LogP contribution in [0.4, 0.5) is 0 Å². The molecule has 0 saturated heterocycles. The molecule has 17 heavy (non-hydrogen) atoms. The normalized spacial score (nSPS) is 14.6. The number of hydrogen-bond acceptors (Lipinski definition) is 4. The van der Waals surface area contributed by atoms with Crippen LogP contribution in [-0.2, 0) is 0 Å². The second-order valence-electron chi connectivity index (χ2n) is 4.70. The summed E-state index contributed by atoms with van der Waals surface area (Å²) in [4.78, 5) is 4.61. The van der Waals surface area contributed by atoms with Gasteiger partial charge in [0.15, 0.2) is 0 Å². The van der Waals surface area contributed by atoms with Crippen LogP contribution >= 0.6 is 0 Å². The zero-order chi connectivity index (χ0) is 13.3. The lowest BCUT2D eigenvalue weighted by Crippen LogP contribution is -2.42. The minimum absolute atomic E-state index is 0.322. The highest BCUT2D eigenvalue weighted by Gasteiger charge is 2.17. The molecular weight excluding hydrogens is 216 g/mol. The van der Waals surface area contributed by atoms with E-state index in [9.17, 15) is 0 Å². The van der Waals surface area contributed by atoms with Gasteiger partial charge in [0.1, 0.15) is 5.84 Å². The van der Waals surface area contributed by atoms with Crippen LogP contribution in [0.3, 0.4) is 0 Å². The van der Waals surface area contributed by atoms with E-state index in [-0.39, 0.29) is 0 Å². The maximum Gasteiger partial charge on any atom is 0.140 e. The molecule has 0 amide bonds. The first-order valence-corrected chi connectivity index (χ1v) is 6.40. The van der Waals surface area contributed by atoms with E-state index in [2.05, 4.69) is 42.9 Å². The van der Waals surface area contributed by atoms with Crippen molar-refractivity contribution >= 4 is 5.84 Å². The van der Waals surface area contributed by atoms with Crippen LogP contribution in [0.1, 0.15) is 33.1 Å². The first kappa shape index (κ1) is 16.2. The Hall–Kier alpha value is -0.810. The zero-order valence-corrected chi connectivity index (χ0v) is 11.7. The maximum absolute atomic E-state index is 8.65. The fourth-order valence-electron chi connectivity index (χ4n) is 1.91. The molecule has 5 nitrogen and oxygen atoms in total. The number of nitrogens with zero attached hydrogens (tertiary/aromatic N) is 3. The van der Waals surface area contributed by atoms with Gasteiger partial charge >= 0.3 is 0 Å². The van der Waals surface area contributed by atoms with Gasteiger partial charge in [0.2, 0.25) is 0 Å². The van der Waals surface area contributed by atoms with Gasteiger partial charge in [-0.15, -0.1) is 0 Å². The molecule has 0 aromatic carbocycles. The maximum atomic E-state index is 8.65. The minimum Gasteiger partial charge on any atom is -0.409 e. The van der Waals surface area contributed by atoms with Crippen LogP contribution in [0.25, 0.3) is 0 Å². The zero-order valence-electron chi connectivity index (χ0n) is 11.7. The third kappa shape index (κ3) is 7.18. The second-order valence-corrected chi connectivity index (χ2v) is 4.70. The molecule has 1 atom stereocenters.